The zero-order valence-corrected chi connectivity index (χ0v) is 11.4. The van der Waals surface area contributed by atoms with Crippen molar-refractivity contribution in [3.63, 3.8) is 0 Å². The number of anilines is 2. The molecule has 1 aromatic rings. The molecule has 18 heavy (non-hydrogen) atoms. The van der Waals surface area contributed by atoms with Gasteiger partial charge in [0.25, 0.3) is 0 Å². The molecule has 0 aliphatic heterocycles. The van der Waals surface area contributed by atoms with E-state index in [9.17, 15) is 0 Å². The quantitative estimate of drug-likeness (QED) is 0.659. The maximum Gasteiger partial charge on any atom is 0.134 e. The summed E-state index contributed by atoms with van der Waals surface area (Å²) in [6, 6.07) is 0. The Morgan fingerprint density at radius 2 is 2.06 bits per heavy atom. The van der Waals surface area contributed by atoms with Crippen LogP contribution >= 0.6 is 0 Å². The molecule has 0 atom stereocenters. The summed E-state index contributed by atoms with van der Waals surface area (Å²) < 4.78 is 5.49. The molecular weight excluding hydrogens is 228 g/mol. The Morgan fingerprint density at radius 1 is 1.22 bits per heavy atom. The van der Waals surface area contributed by atoms with Crippen molar-refractivity contribution in [1.82, 2.24) is 9.97 Å². The summed E-state index contributed by atoms with van der Waals surface area (Å²) in [4.78, 5) is 8.26. The summed E-state index contributed by atoms with van der Waals surface area (Å²) in [6.07, 6.45) is 5.69. The average Bonchev–Trinajstić information content (AvgIpc) is 2.37. The Hall–Kier alpha value is -1.36. The van der Waals surface area contributed by atoms with Crippen LogP contribution in [-0.4, -0.2) is 29.7 Å². The third-order valence-electron chi connectivity index (χ3n) is 2.66. The Balaban J connectivity index is 2.39. The molecule has 0 aliphatic rings. The predicted molar refractivity (Wildman–Crippen MR) is 74.7 cm³/mol. The number of hydrogen-bond donors (Lipinski definition) is 2. The van der Waals surface area contributed by atoms with Crippen molar-refractivity contribution in [2.24, 2.45) is 0 Å². The fraction of sp³-hybridized carbons (Fsp3) is 0.692. The van der Waals surface area contributed by atoms with Crippen molar-refractivity contribution in [2.45, 2.75) is 39.5 Å². The van der Waals surface area contributed by atoms with Gasteiger partial charge in [-0.3, -0.25) is 0 Å². The van der Waals surface area contributed by atoms with Crippen molar-refractivity contribution in [3.8, 4) is 0 Å². The van der Waals surface area contributed by atoms with E-state index in [1.807, 2.05) is 0 Å². The lowest BCUT2D eigenvalue weighted by Gasteiger charge is -2.11. The number of nitrogens with zero attached hydrogens (tertiary/aromatic N) is 2. The zero-order chi connectivity index (χ0) is 13.2. The highest BCUT2D eigenvalue weighted by Crippen LogP contribution is 2.18. The molecule has 0 bridgehead atoms. The summed E-state index contributed by atoms with van der Waals surface area (Å²) in [7, 11) is 0. The van der Waals surface area contributed by atoms with Crippen LogP contribution in [0.1, 0.15) is 38.7 Å². The van der Waals surface area contributed by atoms with Gasteiger partial charge in [-0.2, -0.15) is 0 Å². The molecule has 0 aromatic carbocycles. The summed E-state index contributed by atoms with van der Waals surface area (Å²) in [5.74, 6) is 1.41. The van der Waals surface area contributed by atoms with Crippen molar-refractivity contribution < 1.29 is 4.74 Å². The van der Waals surface area contributed by atoms with Crippen molar-refractivity contribution in [3.05, 3.63) is 11.9 Å². The van der Waals surface area contributed by atoms with Crippen molar-refractivity contribution >= 4 is 11.6 Å². The minimum Gasteiger partial charge on any atom is -0.383 e. The first-order chi connectivity index (χ1) is 8.79. The normalized spacial score (nSPS) is 10.6. The van der Waals surface area contributed by atoms with Gasteiger partial charge in [-0.15, -0.1) is 0 Å². The lowest BCUT2D eigenvalue weighted by molar-refractivity contribution is 0.141. The molecule has 0 saturated heterocycles. The number of nitrogen functional groups attached to an aromatic ring is 1. The van der Waals surface area contributed by atoms with Crippen LogP contribution in [0.15, 0.2) is 6.33 Å². The number of rotatable bonds is 9. The molecule has 5 nitrogen and oxygen atoms in total. The first-order valence-corrected chi connectivity index (χ1v) is 6.70. The highest BCUT2D eigenvalue weighted by atomic mass is 16.5. The molecule has 1 rings (SSSR count). The van der Waals surface area contributed by atoms with Crippen LogP contribution in [0.5, 0.6) is 0 Å². The molecule has 0 fully saturated rings. The molecule has 0 radical (unpaired) electrons. The molecule has 1 heterocycles. The van der Waals surface area contributed by atoms with E-state index in [0.717, 1.165) is 50.2 Å². The number of aromatic nitrogens is 2. The van der Waals surface area contributed by atoms with Gasteiger partial charge in [-0.1, -0.05) is 26.7 Å². The first-order valence-electron chi connectivity index (χ1n) is 6.70. The second kappa shape index (κ2) is 8.69. The number of unbranched alkanes of at least 4 members (excludes halogenated alkanes) is 1. The molecule has 0 amide bonds. The lowest BCUT2D eigenvalue weighted by atomic mass is 10.1. The molecule has 5 heteroatoms. The third-order valence-corrected chi connectivity index (χ3v) is 2.66. The van der Waals surface area contributed by atoms with Crippen LogP contribution in [-0.2, 0) is 11.2 Å². The van der Waals surface area contributed by atoms with Gasteiger partial charge in [-0.05, 0) is 12.8 Å². The SMILES string of the molecule is CCCCOCCNc1ncnc(N)c1CCC. The van der Waals surface area contributed by atoms with Crippen molar-refractivity contribution in [2.75, 3.05) is 30.8 Å². The van der Waals surface area contributed by atoms with Crippen molar-refractivity contribution in [1.29, 1.82) is 0 Å². The van der Waals surface area contributed by atoms with Gasteiger partial charge < -0.3 is 15.8 Å². The number of nitrogens with one attached hydrogen (secondary N) is 1. The summed E-state index contributed by atoms with van der Waals surface area (Å²) in [5, 5.41) is 3.26. The average molecular weight is 252 g/mol. The molecule has 0 aliphatic carbocycles. The minimum absolute atomic E-state index is 0.571. The highest BCUT2D eigenvalue weighted by Gasteiger charge is 2.07. The van der Waals surface area contributed by atoms with E-state index < -0.39 is 0 Å². The summed E-state index contributed by atoms with van der Waals surface area (Å²) in [6.45, 7) is 6.53. The third kappa shape index (κ3) is 4.87. The highest BCUT2D eigenvalue weighted by molar-refractivity contribution is 5.54. The van der Waals surface area contributed by atoms with Gasteiger partial charge in [0.2, 0.25) is 0 Å². The Labute approximate surface area is 109 Å². The standard InChI is InChI=1S/C13H24N4O/c1-3-5-8-18-9-7-15-13-11(6-4-2)12(14)16-10-17-13/h10H,3-9H2,1-2H3,(H3,14,15,16,17). The second-order valence-corrected chi connectivity index (χ2v) is 4.23. The molecule has 3 N–H and O–H groups in total. The monoisotopic (exact) mass is 252 g/mol. The maximum absolute atomic E-state index is 5.86. The van der Waals surface area contributed by atoms with E-state index in [1.54, 1.807) is 0 Å². The Morgan fingerprint density at radius 3 is 2.78 bits per heavy atom. The summed E-state index contributed by atoms with van der Waals surface area (Å²) >= 11 is 0. The maximum atomic E-state index is 5.86. The fourth-order valence-corrected chi connectivity index (χ4v) is 1.66. The summed E-state index contributed by atoms with van der Waals surface area (Å²) in [5.41, 5.74) is 6.86. The van der Waals surface area contributed by atoms with Crippen LogP contribution in [0, 0.1) is 0 Å². The number of ether oxygens (including phenoxy) is 1. The Bertz CT molecular complexity index is 344. The zero-order valence-electron chi connectivity index (χ0n) is 11.4. The topological polar surface area (TPSA) is 73.1 Å². The van der Waals surface area contributed by atoms with Crippen LogP contribution in [0.3, 0.4) is 0 Å². The first kappa shape index (κ1) is 14.7. The van der Waals surface area contributed by atoms with Crippen LogP contribution < -0.4 is 11.1 Å². The van der Waals surface area contributed by atoms with Crippen LogP contribution in [0.2, 0.25) is 0 Å². The van der Waals surface area contributed by atoms with Gasteiger partial charge in [0, 0.05) is 18.7 Å². The van der Waals surface area contributed by atoms with Gasteiger partial charge in [-0.25, -0.2) is 9.97 Å². The minimum atomic E-state index is 0.571. The smallest absolute Gasteiger partial charge is 0.134 e. The molecular formula is C13H24N4O. The number of hydrogen-bond acceptors (Lipinski definition) is 5. The van der Waals surface area contributed by atoms with Gasteiger partial charge in [0.1, 0.15) is 18.0 Å². The lowest BCUT2D eigenvalue weighted by Crippen LogP contribution is -2.14. The predicted octanol–water partition coefficient (Wildman–Crippen LogP) is 2.24. The molecule has 0 unspecified atom stereocenters. The number of nitrogens with two attached hydrogens (primary N) is 1. The van der Waals surface area contributed by atoms with Crippen LogP contribution in [0.25, 0.3) is 0 Å². The molecule has 0 saturated carbocycles. The van der Waals surface area contributed by atoms with E-state index in [0.29, 0.717) is 12.4 Å². The van der Waals surface area contributed by atoms with E-state index in [4.69, 9.17) is 10.5 Å². The Kier molecular flexibility index (Phi) is 7.10. The molecule has 102 valence electrons. The van der Waals surface area contributed by atoms with Gasteiger partial charge in [0.05, 0.1) is 6.61 Å². The van der Waals surface area contributed by atoms with E-state index >= 15 is 0 Å². The van der Waals surface area contributed by atoms with E-state index in [1.165, 1.54) is 6.33 Å². The largest absolute Gasteiger partial charge is 0.383 e. The second-order valence-electron chi connectivity index (χ2n) is 4.23. The molecule has 1 aromatic heterocycles. The van der Waals surface area contributed by atoms with Gasteiger partial charge >= 0.3 is 0 Å². The van der Waals surface area contributed by atoms with E-state index in [2.05, 4.69) is 29.1 Å². The van der Waals surface area contributed by atoms with E-state index in [-0.39, 0.29) is 0 Å². The van der Waals surface area contributed by atoms with Gasteiger partial charge in [0.15, 0.2) is 0 Å². The van der Waals surface area contributed by atoms with Crippen LogP contribution in [0.4, 0.5) is 11.6 Å². The fourth-order valence-electron chi connectivity index (χ4n) is 1.66. The molecule has 0 spiro atoms.